The van der Waals surface area contributed by atoms with E-state index in [2.05, 4.69) is 24.2 Å². The maximum Gasteiger partial charge on any atom is 0.129 e. The van der Waals surface area contributed by atoms with Gasteiger partial charge in [-0.3, -0.25) is 16.2 Å². The molecule has 5 heteroatoms. The number of nitrogens with one attached hydrogen (secondary N) is 1. The van der Waals surface area contributed by atoms with Crippen LogP contribution in [0.4, 0.5) is 8.78 Å². The summed E-state index contributed by atoms with van der Waals surface area (Å²) in [5, 5.41) is 0. The fraction of sp³-hybridized carbons (Fsp3) is 0.625. The van der Waals surface area contributed by atoms with Gasteiger partial charge in [-0.05, 0) is 57.8 Å². The SMILES string of the molecule is CC(C)(C(Cc1ccc(F)cc1F)NN)N1CCCCC1. The molecule has 1 heterocycles. The van der Waals surface area contributed by atoms with Crippen molar-refractivity contribution in [2.24, 2.45) is 5.84 Å². The molecule has 0 aromatic heterocycles. The van der Waals surface area contributed by atoms with Crippen LogP contribution in [-0.4, -0.2) is 29.6 Å². The van der Waals surface area contributed by atoms with Crippen LogP contribution < -0.4 is 11.3 Å². The van der Waals surface area contributed by atoms with Crippen molar-refractivity contribution in [2.75, 3.05) is 13.1 Å². The van der Waals surface area contributed by atoms with Crippen molar-refractivity contribution in [1.82, 2.24) is 10.3 Å². The van der Waals surface area contributed by atoms with Gasteiger partial charge in [0.15, 0.2) is 0 Å². The number of halogens is 2. The number of nitrogens with zero attached hydrogens (tertiary/aromatic N) is 1. The minimum absolute atomic E-state index is 0.101. The summed E-state index contributed by atoms with van der Waals surface area (Å²) in [5.74, 6) is 4.66. The molecule has 3 N–H and O–H groups in total. The van der Waals surface area contributed by atoms with Crippen LogP contribution in [0.1, 0.15) is 38.7 Å². The molecule has 1 aromatic rings. The lowest BCUT2D eigenvalue weighted by molar-refractivity contribution is 0.0608. The summed E-state index contributed by atoms with van der Waals surface area (Å²) in [6.07, 6.45) is 4.07. The summed E-state index contributed by atoms with van der Waals surface area (Å²) >= 11 is 0. The molecule has 1 unspecified atom stereocenters. The van der Waals surface area contributed by atoms with Crippen LogP contribution in [0.15, 0.2) is 18.2 Å². The van der Waals surface area contributed by atoms with E-state index < -0.39 is 11.6 Å². The second-order valence-electron chi connectivity index (χ2n) is 6.36. The number of benzene rings is 1. The lowest BCUT2D eigenvalue weighted by Crippen LogP contribution is -2.61. The second-order valence-corrected chi connectivity index (χ2v) is 6.36. The maximum absolute atomic E-state index is 13.9. The predicted octanol–water partition coefficient (Wildman–Crippen LogP) is 2.60. The topological polar surface area (TPSA) is 41.3 Å². The van der Waals surface area contributed by atoms with Gasteiger partial charge in [0.1, 0.15) is 11.6 Å². The van der Waals surface area contributed by atoms with Gasteiger partial charge in [0, 0.05) is 17.6 Å². The van der Waals surface area contributed by atoms with Crippen molar-refractivity contribution in [3.63, 3.8) is 0 Å². The first-order valence-corrected chi connectivity index (χ1v) is 7.60. The van der Waals surface area contributed by atoms with E-state index in [-0.39, 0.29) is 11.6 Å². The van der Waals surface area contributed by atoms with Gasteiger partial charge in [-0.1, -0.05) is 12.5 Å². The average molecular weight is 297 g/mol. The lowest BCUT2D eigenvalue weighted by atomic mass is 9.86. The van der Waals surface area contributed by atoms with Crippen molar-refractivity contribution < 1.29 is 8.78 Å². The molecule has 1 aromatic carbocycles. The van der Waals surface area contributed by atoms with Gasteiger partial charge in [0.25, 0.3) is 0 Å². The number of hydrazine groups is 1. The van der Waals surface area contributed by atoms with Crippen LogP contribution in [-0.2, 0) is 6.42 Å². The first-order valence-electron chi connectivity index (χ1n) is 7.60. The molecule has 1 aliphatic heterocycles. The highest BCUT2D eigenvalue weighted by atomic mass is 19.1. The Morgan fingerprint density at radius 3 is 2.48 bits per heavy atom. The van der Waals surface area contributed by atoms with Crippen molar-refractivity contribution in [2.45, 2.75) is 51.1 Å². The molecule has 0 bridgehead atoms. The molecule has 3 nitrogen and oxygen atoms in total. The molecule has 1 saturated heterocycles. The van der Waals surface area contributed by atoms with E-state index in [0.717, 1.165) is 19.2 Å². The molecular formula is C16H25F2N3. The Morgan fingerprint density at radius 1 is 1.24 bits per heavy atom. The average Bonchev–Trinajstić information content (AvgIpc) is 2.47. The highest BCUT2D eigenvalue weighted by molar-refractivity contribution is 5.20. The van der Waals surface area contributed by atoms with E-state index in [0.29, 0.717) is 12.0 Å². The van der Waals surface area contributed by atoms with E-state index in [1.807, 2.05) is 0 Å². The van der Waals surface area contributed by atoms with Crippen molar-refractivity contribution in [1.29, 1.82) is 0 Å². The minimum atomic E-state index is -0.552. The molecule has 0 saturated carbocycles. The summed E-state index contributed by atoms with van der Waals surface area (Å²) in [7, 11) is 0. The van der Waals surface area contributed by atoms with Gasteiger partial charge in [-0.2, -0.15) is 0 Å². The predicted molar refractivity (Wildman–Crippen MR) is 80.7 cm³/mol. The van der Waals surface area contributed by atoms with E-state index in [1.54, 1.807) is 0 Å². The van der Waals surface area contributed by atoms with E-state index in [1.165, 1.54) is 31.4 Å². The normalized spacial score (nSPS) is 18.7. The van der Waals surface area contributed by atoms with Crippen molar-refractivity contribution in [3.8, 4) is 0 Å². The Balaban J connectivity index is 2.14. The molecule has 0 spiro atoms. The third kappa shape index (κ3) is 3.78. The molecule has 1 atom stereocenters. The number of piperidine rings is 1. The third-order valence-electron chi connectivity index (χ3n) is 4.66. The Hall–Kier alpha value is -1.04. The van der Waals surface area contributed by atoms with Crippen molar-refractivity contribution >= 4 is 0 Å². The fourth-order valence-electron chi connectivity index (χ4n) is 3.11. The van der Waals surface area contributed by atoms with Gasteiger partial charge in [0.2, 0.25) is 0 Å². The summed E-state index contributed by atoms with van der Waals surface area (Å²) in [6.45, 7) is 6.34. The number of rotatable bonds is 5. The summed E-state index contributed by atoms with van der Waals surface area (Å²) in [5.41, 5.74) is 3.13. The van der Waals surface area contributed by atoms with Crippen LogP contribution in [0.5, 0.6) is 0 Å². The summed E-state index contributed by atoms with van der Waals surface area (Å²) < 4.78 is 26.9. The third-order valence-corrected chi connectivity index (χ3v) is 4.66. The van der Waals surface area contributed by atoms with Crippen LogP contribution in [0.3, 0.4) is 0 Å². The largest absolute Gasteiger partial charge is 0.297 e. The van der Waals surface area contributed by atoms with Crippen LogP contribution in [0, 0.1) is 11.6 Å². The standard InChI is InChI=1S/C16H25F2N3/c1-16(2,21-8-4-3-5-9-21)15(20-19)10-12-6-7-13(17)11-14(12)18/h6-7,11,15,20H,3-5,8-10,19H2,1-2H3. The Morgan fingerprint density at radius 2 is 1.90 bits per heavy atom. The Bertz CT molecular complexity index is 471. The molecule has 1 aliphatic rings. The quantitative estimate of drug-likeness (QED) is 0.648. The zero-order valence-electron chi connectivity index (χ0n) is 12.8. The number of hydrogen-bond donors (Lipinski definition) is 2. The van der Waals surface area contributed by atoms with Crippen molar-refractivity contribution in [3.05, 3.63) is 35.4 Å². The summed E-state index contributed by atoms with van der Waals surface area (Å²) in [4.78, 5) is 2.41. The van der Waals surface area contributed by atoms with E-state index in [9.17, 15) is 8.78 Å². The lowest BCUT2D eigenvalue weighted by Gasteiger charge is -2.45. The molecule has 2 rings (SSSR count). The van der Waals surface area contributed by atoms with E-state index in [4.69, 9.17) is 5.84 Å². The van der Waals surface area contributed by atoms with Gasteiger partial charge in [-0.25, -0.2) is 8.78 Å². The smallest absolute Gasteiger partial charge is 0.129 e. The first kappa shape index (κ1) is 16.3. The molecule has 0 amide bonds. The molecule has 0 radical (unpaired) electrons. The van der Waals surface area contributed by atoms with Gasteiger partial charge in [-0.15, -0.1) is 0 Å². The molecule has 0 aliphatic carbocycles. The Kier molecular flexibility index (Phi) is 5.30. The molecule has 118 valence electrons. The molecule has 21 heavy (non-hydrogen) atoms. The Labute approximate surface area is 125 Å². The zero-order valence-corrected chi connectivity index (χ0v) is 12.8. The van der Waals surface area contributed by atoms with Gasteiger partial charge < -0.3 is 0 Å². The number of hydrogen-bond acceptors (Lipinski definition) is 3. The van der Waals surface area contributed by atoms with Crippen LogP contribution in [0.2, 0.25) is 0 Å². The zero-order chi connectivity index (χ0) is 15.5. The highest BCUT2D eigenvalue weighted by Gasteiger charge is 2.35. The van der Waals surface area contributed by atoms with Crippen LogP contribution >= 0.6 is 0 Å². The maximum atomic E-state index is 13.9. The molecular weight excluding hydrogens is 272 g/mol. The first-order chi connectivity index (χ1) is 9.95. The molecule has 1 fully saturated rings. The number of nitrogens with two attached hydrogens (primary N) is 1. The fourth-order valence-corrected chi connectivity index (χ4v) is 3.11. The van der Waals surface area contributed by atoms with Crippen LogP contribution in [0.25, 0.3) is 0 Å². The number of likely N-dealkylation sites (tertiary alicyclic amines) is 1. The highest BCUT2D eigenvalue weighted by Crippen LogP contribution is 2.26. The monoisotopic (exact) mass is 297 g/mol. The summed E-state index contributed by atoms with van der Waals surface area (Å²) in [6, 6.07) is 3.62. The van der Waals surface area contributed by atoms with Gasteiger partial charge >= 0.3 is 0 Å². The second kappa shape index (κ2) is 6.81. The van der Waals surface area contributed by atoms with Gasteiger partial charge in [0.05, 0.1) is 0 Å². The van der Waals surface area contributed by atoms with E-state index >= 15 is 0 Å². The minimum Gasteiger partial charge on any atom is -0.297 e.